The van der Waals surface area contributed by atoms with Gasteiger partial charge in [-0.05, 0) is 69.0 Å². The van der Waals surface area contributed by atoms with Gasteiger partial charge in [0.05, 0.1) is 6.61 Å². The van der Waals surface area contributed by atoms with E-state index < -0.39 is 0 Å². The molecule has 168 valence electrons. The highest BCUT2D eigenvalue weighted by atomic mass is 32.1. The first-order valence-corrected chi connectivity index (χ1v) is 12.6. The van der Waals surface area contributed by atoms with E-state index in [1.807, 2.05) is 18.4 Å². The Morgan fingerprint density at radius 3 is 2.80 bits per heavy atom. The van der Waals surface area contributed by atoms with Crippen LogP contribution in [0, 0.1) is 11.8 Å². The SMILES string of the molecule is CN=C(NCC1CCCN(C)C1c1cccs1)NC1CCN(CC2CCOC2)CC1. The molecule has 0 saturated carbocycles. The van der Waals surface area contributed by atoms with Gasteiger partial charge in [-0.3, -0.25) is 9.89 Å². The smallest absolute Gasteiger partial charge is 0.191 e. The normalized spacial score (nSPS) is 29.9. The minimum atomic E-state index is 0.521. The maximum atomic E-state index is 5.54. The van der Waals surface area contributed by atoms with Gasteiger partial charge in [0.2, 0.25) is 0 Å². The minimum Gasteiger partial charge on any atom is -0.381 e. The van der Waals surface area contributed by atoms with E-state index in [0.29, 0.717) is 18.0 Å². The van der Waals surface area contributed by atoms with Gasteiger partial charge in [-0.15, -0.1) is 11.3 Å². The molecule has 3 fully saturated rings. The van der Waals surface area contributed by atoms with E-state index in [-0.39, 0.29) is 0 Å². The number of piperidine rings is 2. The summed E-state index contributed by atoms with van der Waals surface area (Å²) in [4.78, 5) is 11.2. The van der Waals surface area contributed by atoms with Crippen molar-refractivity contribution in [1.29, 1.82) is 0 Å². The molecule has 2 N–H and O–H groups in total. The molecular formula is C23H39N5OS. The number of hydrogen-bond donors (Lipinski definition) is 2. The van der Waals surface area contributed by atoms with Gasteiger partial charge in [0.15, 0.2) is 5.96 Å². The van der Waals surface area contributed by atoms with E-state index in [9.17, 15) is 0 Å². The molecular weight excluding hydrogens is 394 g/mol. The standard InChI is InChI=1S/C23H39N5OS/c1-24-23(26-20-7-11-28(12-8-20)16-18-9-13-29-17-18)25-15-19-5-3-10-27(2)22(19)21-6-4-14-30-21/h4,6,14,18-20,22H,3,5,7-13,15-17H2,1-2H3,(H2,24,25,26). The molecule has 0 aromatic carbocycles. The largest absolute Gasteiger partial charge is 0.381 e. The first-order valence-electron chi connectivity index (χ1n) is 11.7. The summed E-state index contributed by atoms with van der Waals surface area (Å²) in [6.45, 7) is 7.65. The number of aliphatic imine (C=N–C) groups is 1. The van der Waals surface area contributed by atoms with Crippen molar-refractivity contribution < 1.29 is 4.74 Å². The van der Waals surface area contributed by atoms with Gasteiger partial charge in [0.1, 0.15) is 0 Å². The molecule has 1 aromatic heterocycles. The van der Waals surface area contributed by atoms with Crippen LogP contribution in [0.2, 0.25) is 0 Å². The summed E-state index contributed by atoms with van der Waals surface area (Å²) in [6, 6.07) is 5.52. The van der Waals surface area contributed by atoms with Crippen LogP contribution in [0.3, 0.4) is 0 Å². The van der Waals surface area contributed by atoms with Crippen LogP contribution in [0.4, 0.5) is 0 Å². The zero-order valence-electron chi connectivity index (χ0n) is 18.7. The summed E-state index contributed by atoms with van der Waals surface area (Å²) >= 11 is 1.89. The maximum absolute atomic E-state index is 5.54. The van der Waals surface area contributed by atoms with Crippen LogP contribution < -0.4 is 10.6 Å². The van der Waals surface area contributed by atoms with Gasteiger partial charge in [0.25, 0.3) is 0 Å². The van der Waals surface area contributed by atoms with Gasteiger partial charge in [-0.2, -0.15) is 0 Å². The van der Waals surface area contributed by atoms with Gasteiger partial charge in [-0.1, -0.05) is 6.07 Å². The van der Waals surface area contributed by atoms with Crippen molar-refractivity contribution >= 4 is 17.3 Å². The molecule has 3 unspecified atom stereocenters. The highest BCUT2D eigenvalue weighted by Crippen LogP contribution is 2.36. The molecule has 0 spiro atoms. The Balaban J connectivity index is 1.23. The first-order chi connectivity index (χ1) is 14.7. The van der Waals surface area contributed by atoms with E-state index in [1.165, 1.54) is 63.2 Å². The third kappa shape index (κ3) is 5.75. The lowest BCUT2D eigenvalue weighted by Gasteiger charge is -2.39. The van der Waals surface area contributed by atoms with E-state index in [0.717, 1.165) is 31.6 Å². The van der Waals surface area contributed by atoms with Crippen molar-refractivity contribution in [1.82, 2.24) is 20.4 Å². The number of rotatable bonds is 6. The molecule has 1 aromatic rings. The Hall–Kier alpha value is -1.15. The molecule has 0 amide bonds. The Morgan fingerprint density at radius 2 is 2.10 bits per heavy atom. The minimum absolute atomic E-state index is 0.521. The molecule has 3 atom stereocenters. The van der Waals surface area contributed by atoms with Crippen molar-refractivity contribution in [2.45, 2.75) is 44.2 Å². The van der Waals surface area contributed by atoms with Gasteiger partial charge in [0, 0.05) is 56.8 Å². The van der Waals surface area contributed by atoms with Crippen molar-refractivity contribution in [2.24, 2.45) is 16.8 Å². The van der Waals surface area contributed by atoms with Gasteiger partial charge < -0.3 is 20.3 Å². The third-order valence-corrected chi connectivity index (χ3v) is 8.01. The van der Waals surface area contributed by atoms with Gasteiger partial charge >= 0.3 is 0 Å². The Kier molecular flexibility index (Phi) is 8.04. The number of ether oxygens (including phenoxy) is 1. The Labute approximate surface area is 186 Å². The van der Waals surface area contributed by atoms with E-state index >= 15 is 0 Å². The molecule has 7 heteroatoms. The summed E-state index contributed by atoms with van der Waals surface area (Å²) in [6.07, 6.45) is 6.18. The van der Waals surface area contributed by atoms with Crippen LogP contribution in [0.25, 0.3) is 0 Å². The number of guanidine groups is 1. The summed E-state index contributed by atoms with van der Waals surface area (Å²) in [5, 5.41) is 9.56. The first kappa shape index (κ1) is 22.1. The topological polar surface area (TPSA) is 52.1 Å². The lowest BCUT2D eigenvalue weighted by Crippen LogP contribution is -2.51. The lowest BCUT2D eigenvalue weighted by atomic mass is 9.88. The fourth-order valence-electron chi connectivity index (χ4n) is 5.35. The quantitative estimate of drug-likeness (QED) is 0.534. The molecule has 3 saturated heterocycles. The lowest BCUT2D eigenvalue weighted by molar-refractivity contribution is 0.125. The van der Waals surface area contributed by atoms with Crippen LogP contribution in [0.5, 0.6) is 0 Å². The Morgan fingerprint density at radius 1 is 1.23 bits per heavy atom. The van der Waals surface area contributed by atoms with Crippen LogP contribution in [-0.2, 0) is 4.74 Å². The monoisotopic (exact) mass is 433 g/mol. The molecule has 6 nitrogen and oxygen atoms in total. The predicted molar refractivity (Wildman–Crippen MR) is 125 cm³/mol. The summed E-state index contributed by atoms with van der Waals surface area (Å²) in [5.41, 5.74) is 0. The molecule has 0 bridgehead atoms. The number of nitrogens with zero attached hydrogens (tertiary/aromatic N) is 3. The van der Waals surface area contributed by atoms with E-state index in [4.69, 9.17) is 4.74 Å². The highest BCUT2D eigenvalue weighted by Gasteiger charge is 2.31. The summed E-state index contributed by atoms with van der Waals surface area (Å²) < 4.78 is 5.54. The summed E-state index contributed by atoms with van der Waals surface area (Å²) in [5.74, 6) is 2.33. The fourth-order valence-corrected chi connectivity index (χ4v) is 6.33. The van der Waals surface area contributed by atoms with Crippen molar-refractivity contribution in [3.8, 4) is 0 Å². The van der Waals surface area contributed by atoms with E-state index in [2.05, 4.69) is 50.0 Å². The van der Waals surface area contributed by atoms with Gasteiger partial charge in [-0.25, -0.2) is 0 Å². The van der Waals surface area contributed by atoms with Crippen LogP contribution in [0.15, 0.2) is 22.5 Å². The number of nitrogens with one attached hydrogen (secondary N) is 2. The maximum Gasteiger partial charge on any atom is 0.191 e. The molecule has 3 aliphatic heterocycles. The number of likely N-dealkylation sites (tertiary alicyclic amines) is 2. The predicted octanol–water partition coefficient (Wildman–Crippen LogP) is 2.80. The highest BCUT2D eigenvalue weighted by molar-refractivity contribution is 7.10. The Bertz CT molecular complexity index is 653. The van der Waals surface area contributed by atoms with Crippen molar-refractivity contribution in [2.75, 3.05) is 60.0 Å². The van der Waals surface area contributed by atoms with Crippen molar-refractivity contribution in [3.05, 3.63) is 22.4 Å². The molecule has 3 aliphatic rings. The van der Waals surface area contributed by atoms with Crippen molar-refractivity contribution in [3.63, 3.8) is 0 Å². The second-order valence-corrected chi connectivity index (χ2v) is 10.2. The van der Waals surface area contributed by atoms with E-state index in [1.54, 1.807) is 0 Å². The molecule has 30 heavy (non-hydrogen) atoms. The number of thiophene rings is 1. The van der Waals surface area contributed by atoms with Crippen LogP contribution >= 0.6 is 11.3 Å². The van der Waals surface area contributed by atoms with Crippen LogP contribution in [0.1, 0.15) is 43.0 Å². The second kappa shape index (κ2) is 10.9. The third-order valence-electron chi connectivity index (χ3n) is 7.07. The average molecular weight is 434 g/mol. The zero-order chi connectivity index (χ0) is 20.8. The molecule has 4 heterocycles. The summed E-state index contributed by atoms with van der Waals surface area (Å²) in [7, 11) is 4.17. The fraction of sp³-hybridized carbons (Fsp3) is 0.783. The van der Waals surface area contributed by atoms with Crippen LogP contribution in [-0.4, -0.2) is 81.8 Å². The number of hydrogen-bond acceptors (Lipinski definition) is 5. The molecule has 0 aliphatic carbocycles. The zero-order valence-corrected chi connectivity index (χ0v) is 19.5. The average Bonchev–Trinajstić information content (AvgIpc) is 3.47. The molecule has 0 radical (unpaired) electrons. The second-order valence-electron chi connectivity index (χ2n) is 9.25. The molecule has 4 rings (SSSR count).